The molecular formula is C29H37NO2. The molecular weight excluding hydrogens is 394 g/mol. The minimum Gasteiger partial charge on any atom is -0.464 e. The van der Waals surface area contributed by atoms with Gasteiger partial charge in [-0.15, -0.1) is 0 Å². The Balaban J connectivity index is 1.76. The second-order valence-electron chi connectivity index (χ2n) is 10.5. The van der Waals surface area contributed by atoms with Gasteiger partial charge in [-0.3, -0.25) is 0 Å². The number of morpholine rings is 1. The summed E-state index contributed by atoms with van der Waals surface area (Å²) in [6.45, 7) is 15.2. The van der Waals surface area contributed by atoms with E-state index in [2.05, 4.69) is 82.0 Å². The number of furan rings is 1. The highest BCUT2D eigenvalue weighted by molar-refractivity contribution is 5.60. The molecule has 1 fully saturated rings. The highest BCUT2D eigenvalue weighted by atomic mass is 16.5. The van der Waals surface area contributed by atoms with Crippen molar-refractivity contribution in [3.63, 3.8) is 0 Å². The monoisotopic (exact) mass is 431 g/mol. The Morgan fingerprint density at radius 2 is 1.66 bits per heavy atom. The molecule has 3 nitrogen and oxygen atoms in total. The first-order valence-electron chi connectivity index (χ1n) is 11.9. The maximum absolute atomic E-state index is 5.68. The first kappa shape index (κ1) is 22.7. The molecule has 1 unspecified atom stereocenters. The average molecular weight is 432 g/mol. The Kier molecular flexibility index (Phi) is 6.76. The molecule has 1 aromatic heterocycles. The highest BCUT2D eigenvalue weighted by Crippen LogP contribution is 2.43. The van der Waals surface area contributed by atoms with Crippen LogP contribution in [0.5, 0.6) is 0 Å². The summed E-state index contributed by atoms with van der Waals surface area (Å²) in [5.74, 6) is 1.82. The van der Waals surface area contributed by atoms with Gasteiger partial charge in [0, 0.05) is 30.3 Å². The molecule has 32 heavy (non-hydrogen) atoms. The van der Waals surface area contributed by atoms with Gasteiger partial charge in [-0.25, -0.2) is 0 Å². The van der Waals surface area contributed by atoms with Crippen LogP contribution in [0.1, 0.15) is 57.2 Å². The van der Waals surface area contributed by atoms with Crippen LogP contribution >= 0.6 is 0 Å². The van der Waals surface area contributed by atoms with Crippen LogP contribution in [0.2, 0.25) is 0 Å². The summed E-state index contributed by atoms with van der Waals surface area (Å²) in [6, 6.07) is 20.0. The fourth-order valence-electron chi connectivity index (χ4n) is 5.01. The molecule has 0 spiro atoms. The summed E-state index contributed by atoms with van der Waals surface area (Å²) in [5.41, 5.74) is 6.77. The van der Waals surface area contributed by atoms with Crippen LogP contribution in [0.4, 0.5) is 5.69 Å². The van der Waals surface area contributed by atoms with E-state index in [0.29, 0.717) is 11.8 Å². The van der Waals surface area contributed by atoms with Gasteiger partial charge in [-0.1, -0.05) is 65.0 Å². The zero-order valence-electron chi connectivity index (χ0n) is 20.2. The van der Waals surface area contributed by atoms with Crippen molar-refractivity contribution >= 4 is 5.69 Å². The molecule has 1 saturated heterocycles. The summed E-state index contributed by atoms with van der Waals surface area (Å²) >= 11 is 0. The third-order valence-corrected chi connectivity index (χ3v) is 6.31. The van der Waals surface area contributed by atoms with E-state index in [-0.39, 0.29) is 5.41 Å². The van der Waals surface area contributed by atoms with Crippen LogP contribution in [0, 0.1) is 11.3 Å². The van der Waals surface area contributed by atoms with Crippen molar-refractivity contribution in [1.29, 1.82) is 0 Å². The lowest BCUT2D eigenvalue weighted by Gasteiger charge is -2.35. The third-order valence-electron chi connectivity index (χ3n) is 6.31. The number of hydrogen-bond donors (Lipinski definition) is 0. The Hall–Kier alpha value is -2.52. The Morgan fingerprint density at radius 1 is 0.906 bits per heavy atom. The van der Waals surface area contributed by atoms with Crippen molar-refractivity contribution in [2.24, 2.45) is 11.3 Å². The van der Waals surface area contributed by atoms with Gasteiger partial charge in [-0.05, 0) is 58.7 Å². The predicted molar refractivity (Wildman–Crippen MR) is 133 cm³/mol. The van der Waals surface area contributed by atoms with Crippen molar-refractivity contribution in [1.82, 2.24) is 0 Å². The van der Waals surface area contributed by atoms with Crippen LogP contribution in [0.3, 0.4) is 0 Å². The van der Waals surface area contributed by atoms with Gasteiger partial charge < -0.3 is 14.1 Å². The van der Waals surface area contributed by atoms with Gasteiger partial charge in [0.05, 0.1) is 19.5 Å². The molecule has 170 valence electrons. The van der Waals surface area contributed by atoms with E-state index in [4.69, 9.17) is 9.15 Å². The van der Waals surface area contributed by atoms with Gasteiger partial charge in [0.15, 0.2) is 0 Å². The summed E-state index contributed by atoms with van der Waals surface area (Å²) in [4.78, 5) is 2.49. The van der Waals surface area contributed by atoms with E-state index in [9.17, 15) is 0 Å². The first-order valence-corrected chi connectivity index (χ1v) is 11.9. The molecule has 0 bridgehead atoms. The second-order valence-corrected chi connectivity index (χ2v) is 10.5. The van der Waals surface area contributed by atoms with E-state index in [1.165, 1.54) is 22.4 Å². The molecule has 2 heterocycles. The fourth-order valence-corrected chi connectivity index (χ4v) is 5.01. The minimum absolute atomic E-state index is 0.0807. The van der Waals surface area contributed by atoms with Gasteiger partial charge >= 0.3 is 0 Å². The largest absolute Gasteiger partial charge is 0.464 e. The maximum atomic E-state index is 5.68. The SMILES string of the molecule is CC(C)Cc1cc(C(c2cccc(-c3ccco3)c2)C(C)(C)C)ccc1N1CCOCC1. The van der Waals surface area contributed by atoms with E-state index < -0.39 is 0 Å². The first-order chi connectivity index (χ1) is 15.3. The smallest absolute Gasteiger partial charge is 0.133 e. The number of nitrogens with zero attached hydrogens (tertiary/aromatic N) is 1. The van der Waals surface area contributed by atoms with E-state index in [0.717, 1.165) is 44.0 Å². The molecule has 2 aromatic carbocycles. The van der Waals surface area contributed by atoms with Crippen molar-refractivity contribution in [3.05, 3.63) is 77.6 Å². The molecule has 0 aliphatic carbocycles. The number of hydrogen-bond acceptors (Lipinski definition) is 3. The van der Waals surface area contributed by atoms with Gasteiger partial charge in [0.2, 0.25) is 0 Å². The summed E-state index contributed by atoms with van der Waals surface area (Å²) < 4.78 is 11.3. The van der Waals surface area contributed by atoms with E-state index >= 15 is 0 Å². The van der Waals surface area contributed by atoms with Crippen LogP contribution in [-0.2, 0) is 11.2 Å². The molecule has 1 aliphatic heterocycles. The fraction of sp³-hybridized carbons (Fsp3) is 0.448. The quantitative estimate of drug-likeness (QED) is 0.414. The van der Waals surface area contributed by atoms with Gasteiger partial charge in [0.25, 0.3) is 0 Å². The lowest BCUT2D eigenvalue weighted by atomic mass is 9.72. The minimum atomic E-state index is 0.0807. The Morgan fingerprint density at radius 3 is 2.31 bits per heavy atom. The van der Waals surface area contributed by atoms with Crippen molar-refractivity contribution < 1.29 is 9.15 Å². The molecule has 1 aliphatic rings. The van der Waals surface area contributed by atoms with E-state index in [1.807, 2.05) is 12.1 Å². The summed E-state index contributed by atoms with van der Waals surface area (Å²) in [7, 11) is 0. The normalized spacial score (nSPS) is 15.9. The van der Waals surface area contributed by atoms with Crippen LogP contribution in [-0.4, -0.2) is 26.3 Å². The zero-order valence-corrected chi connectivity index (χ0v) is 20.2. The molecule has 4 rings (SSSR count). The molecule has 0 N–H and O–H groups in total. The average Bonchev–Trinajstić information content (AvgIpc) is 3.29. The third kappa shape index (κ3) is 5.10. The molecule has 3 aromatic rings. The van der Waals surface area contributed by atoms with Crippen LogP contribution in [0.15, 0.2) is 65.3 Å². The van der Waals surface area contributed by atoms with Gasteiger partial charge in [0.1, 0.15) is 5.76 Å². The highest BCUT2D eigenvalue weighted by Gasteiger charge is 2.29. The summed E-state index contributed by atoms with van der Waals surface area (Å²) in [6.07, 6.45) is 2.83. The summed E-state index contributed by atoms with van der Waals surface area (Å²) in [5, 5.41) is 0. The van der Waals surface area contributed by atoms with Gasteiger partial charge in [-0.2, -0.15) is 0 Å². The lowest BCUT2D eigenvalue weighted by molar-refractivity contribution is 0.122. The lowest BCUT2D eigenvalue weighted by Crippen LogP contribution is -2.37. The Bertz CT molecular complexity index is 1010. The molecule has 0 radical (unpaired) electrons. The number of anilines is 1. The molecule has 1 atom stereocenters. The predicted octanol–water partition coefficient (Wildman–Crippen LogP) is 7.16. The Labute approximate surface area is 193 Å². The van der Waals surface area contributed by atoms with Crippen molar-refractivity contribution in [2.45, 2.75) is 47.0 Å². The standard InChI is InChI=1S/C29H37NO2/c1-21(2)18-25-20-24(11-12-26(25)30-13-16-31-17-14-30)28(29(3,4)5)23-9-6-8-22(19-23)27-10-7-15-32-27/h6-12,15,19-21,28H,13-14,16-18H2,1-5H3. The maximum Gasteiger partial charge on any atom is 0.133 e. The molecule has 3 heteroatoms. The van der Waals surface area contributed by atoms with Crippen molar-refractivity contribution in [3.8, 4) is 11.3 Å². The van der Waals surface area contributed by atoms with E-state index in [1.54, 1.807) is 6.26 Å². The topological polar surface area (TPSA) is 25.6 Å². The second kappa shape index (κ2) is 9.54. The van der Waals surface area contributed by atoms with Crippen LogP contribution in [0.25, 0.3) is 11.3 Å². The zero-order chi connectivity index (χ0) is 22.7. The number of rotatable bonds is 6. The van der Waals surface area contributed by atoms with Crippen molar-refractivity contribution in [2.75, 3.05) is 31.2 Å². The van der Waals surface area contributed by atoms with Crippen LogP contribution < -0.4 is 4.90 Å². The molecule has 0 amide bonds. The number of ether oxygens (including phenoxy) is 1. The molecule has 0 saturated carbocycles. The number of benzene rings is 2.